The molecule has 4 amide bonds. The summed E-state index contributed by atoms with van der Waals surface area (Å²) in [5.74, 6) is -0.645. The fourth-order valence-electron chi connectivity index (χ4n) is 3.49. The molecule has 1 aliphatic rings. The van der Waals surface area contributed by atoms with Gasteiger partial charge in [0.15, 0.2) is 0 Å². The number of nitrogens with one attached hydrogen (secondary N) is 2. The number of carbonyl (C=O) groups is 3. The van der Waals surface area contributed by atoms with Crippen LogP contribution in [-0.2, 0) is 29.2 Å². The number of urea groups is 1. The fraction of sp³-hybridized carbons (Fsp3) is 0.318. The third-order valence-electron chi connectivity index (χ3n) is 5.35. The molecule has 1 unspecified atom stereocenters. The number of hydrogen-bond donors (Lipinski definition) is 3. The maximum atomic E-state index is 12.5. The summed E-state index contributed by atoms with van der Waals surface area (Å²) in [7, 11) is 0. The number of nitrogens with zero attached hydrogens (tertiary/aromatic N) is 1. The Kier molecular flexibility index (Phi) is 6.29. The molecule has 29 heavy (non-hydrogen) atoms. The molecule has 0 fully saturated rings. The number of nitrogens with two attached hydrogens (primary N) is 1. The summed E-state index contributed by atoms with van der Waals surface area (Å²) in [6, 6.07) is 14.4. The zero-order valence-electron chi connectivity index (χ0n) is 16.6. The predicted molar refractivity (Wildman–Crippen MR) is 110 cm³/mol. The molecule has 4 N–H and O–H groups in total. The monoisotopic (exact) mass is 394 g/mol. The van der Waals surface area contributed by atoms with E-state index in [0.29, 0.717) is 19.6 Å². The van der Waals surface area contributed by atoms with Gasteiger partial charge in [0, 0.05) is 19.6 Å². The first-order valence-corrected chi connectivity index (χ1v) is 9.63. The average molecular weight is 394 g/mol. The topological polar surface area (TPSA) is 105 Å². The van der Waals surface area contributed by atoms with Crippen LogP contribution < -0.4 is 16.4 Å². The minimum atomic E-state index is -0.846. The van der Waals surface area contributed by atoms with Crippen molar-refractivity contribution in [1.29, 1.82) is 0 Å². The molecule has 0 aromatic heterocycles. The quantitative estimate of drug-likeness (QED) is 0.697. The highest BCUT2D eigenvalue weighted by atomic mass is 16.2. The maximum Gasteiger partial charge on any atom is 0.318 e. The van der Waals surface area contributed by atoms with Crippen molar-refractivity contribution >= 4 is 17.8 Å². The van der Waals surface area contributed by atoms with E-state index < -0.39 is 18.0 Å². The Morgan fingerprint density at radius 2 is 1.69 bits per heavy atom. The van der Waals surface area contributed by atoms with Gasteiger partial charge in [0.25, 0.3) is 0 Å². The van der Waals surface area contributed by atoms with Crippen molar-refractivity contribution < 1.29 is 14.4 Å². The minimum Gasteiger partial charge on any atom is -0.352 e. The highest BCUT2D eigenvalue weighted by Crippen LogP contribution is 2.26. The predicted octanol–water partition coefficient (Wildman–Crippen LogP) is 2.01. The van der Waals surface area contributed by atoms with Crippen LogP contribution in [0.2, 0.25) is 0 Å². The van der Waals surface area contributed by atoms with E-state index in [1.807, 2.05) is 54.3 Å². The lowest BCUT2D eigenvalue weighted by molar-refractivity contribution is -0.125. The van der Waals surface area contributed by atoms with E-state index in [2.05, 4.69) is 16.7 Å². The van der Waals surface area contributed by atoms with Gasteiger partial charge in [-0.1, -0.05) is 48.5 Å². The summed E-state index contributed by atoms with van der Waals surface area (Å²) in [5, 5.41) is 5.12. The van der Waals surface area contributed by atoms with Gasteiger partial charge < -0.3 is 11.1 Å². The van der Waals surface area contributed by atoms with Crippen LogP contribution in [-0.4, -0.2) is 28.8 Å². The van der Waals surface area contributed by atoms with E-state index in [1.54, 1.807) is 6.92 Å². The highest BCUT2D eigenvalue weighted by Gasteiger charge is 2.28. The molecule has 2 aromatic carbocycles. The zero-order chi connectivity index (χ0) is 21.0. The van der Waals surface area contributed by atoms with Gasteiger partial charge >= 0.3 is 6.03 Å². The third-order valence-corrected chi connectivity index (χ3v) is 5.35. The van der Waals surface area contributed by atoms with Gasteiger partial charge in [-0.3, -0.25) is 19.8 Å². The van der Waals surface area contributed by atoms with Crippen LogP contribution in [0.25, 0.3) is 0 Å². The molecule has 2 atom stereocenters. The Morgan fingerprint density at radius 1 is 1.00 bits per heavy atom. The van der Waals surface area contributed by atoms with Crippen LogP contribution in [0.3, 0.4) is 0 Å². The van der Waals surface area contributed by atoms with Crippen molar-refractivity contribution in [1.82, 2.24) is 15.5 Å². The van der Waals surface area contributed by atoms with Gasteiger partial charge in [0.05, 0.1) is 12.0 Å². The molecule has 0 saturated heterocycles. The summed E-state index contributed by atoms with van der Waals surface area (Å²) in [5.41, 5.74) is 9.27. The number of benzene rings is 2. The molecular weight excluding hydrogens is 368 g/mol. The number of fused-ring (bicyclic) bond motifs is 1. The number of primary amides is 1. The van der Waals surface area contributed by atoms with Crippen molar-refractivity contribution in [2.75, 3.05) is 0 Å². The van der Waals surface area contributed by atoms with Crippen LogP contribution in [0.4, 0.5) is 4.79 Å². The van der Waals surface area contributed by atoms with Crippen LogP contribution in [0.15, 0.2) is 48.5 Å². The molecule has 7 nitrogen and oxygen atoms in total. The van der Waals surface area contributed by atoms with Gasteiger partial charge in [-0.15, -0.1) is 0 Å². The highest BCUT2D eigenvalue weighted by molar-refractivity contribution is 5.96. The SMILES string of the molecule is CC(C(=O)NC(N)=O)N1Cc2ccc(CNC(=O)[C@@H](C)c3ccccc3)cc2C1. The Hall–Kier alpha value is -3.19. The summed E-state index contributed by atoms with van der Waals surface area (Å²) >= 11 is 0. The van der Waals surface area contributed by atoms with Gasteiger partial charge in [-0.25, -0.2) is 4.79 Å². The minimum absolute atomic E-state index is 0.0185. The van der Waals surface area contributed by atoms with E-state index >= 15 is 0 Å². The first-order chi connectivity index (χ1) is 13.8. The van der Waals surface area contributed by atoms with Crippen molar-refractivity contribution in [3.63, 3.8) is 0 Å². The van der Waals surface area contributed by atoms with E-state index in [-0.39, 0.29) is 11.8 Å². The molecule has 0 spiro atoms. The van der Waals surface area contributed by atoms with Crippen LogP contribution in [0.1, 0.15) is 42.0 Å². The van der Waals surface area contributed by atoms with Gasteiger partial charge in [0.1, 0.15) is 0 Å². The second-order valence-electron chi connectivity index (χ2n) is 7.39. The largest absolute Gasteiger partial charge is 0.352 e. The first-order valence-electron chi connectivity index (χ1n) is 9.63. The summed E-state index contributed by atoms with van der Waals surface area (Å²) < 4.78 is 0. The van der Waals surface area contributed by atoms with E-state index in [0.717, 1.165) is 22.3 Å². The standard InChI is InChI=1S/C22H26N4O3/c1-14(17-6-4-3-5-7-17)20(27)24-11-16-8-9-18-12-26(13-19(18)10-16)15(2)21(28)25-22(23)29/h3-10,14-15H,11-13H2,1-2H3,(H,24,27)(H3,23,25,28,29)/t14-,15?/m0/s1. The molecule has 1 aliphatic heterocycles. The number of hydrogen-bond acceptors (Lipinski definition) is 4. The van der Waals surface area contributed by atoms with Gasteiger partial charge in [-0.2, -0.15) is 0 Å². The summed E-state index contributed by atoms with van der Waals surface area (Å²) in [6.07, 6.45) is 0. The lowest BCUT2D eigenvalue weighted by atomic mass is 10.0. The number of rotatable bonds is 6. The maximum absolute atomic E-state index is 12.5. The first kappa shape index (κ1) is 20.5. The average Bonchev–Trinajstić information content (AvgIpc) is 3.14. The van der Waals surface area contributed by atoms with Crippen LogP contribution in [0.5, 0.6) is 0 Å². The smallest absolute Gasteiger partial charge is 0.318 e. The molecule has 7 heteroatoms. The van der Waals surface area contributed by atoms with Gasteiger partial charge in [-0.05, 0) is 36.1 Å². The number of amides is 4. The molecular formula is C22H26N4O3. The van der Waals surface area contributed by atoms with Crippen molar-refractivity contribution in [3.8, 4) is 0 Å². The van der Waals surface area contributed by atoms with Crippen molar-refractivity contribution in [2.45, 2.75) is 45.4 Å². The second kappa shape index (κ2) is 8.87. The molecule has 0 aliphatic carbocycles. The molecule has 0 bridgehead atoms. The summed E-state index contributed by atoms with van der Waals surface area (Å²) in [4.78, 5) is 37.3. The lowest BCUT2D eigenvalue weighted by Crippen LogP contribution is -2.46. The molecule has 0 radical (unpaired) electrons. The second-order valence-corrected chi connectivity index (χ2v) is 7.39. The van der Waals surface area contributed by atoms with Crippen molar-refractivity contribution in [2.24, 2.45) is 5.73 Å². The van der Waals surface area contributed by atoms with Gasteiger partial charge in [0.2, 0.25) is 11.8 Å². The zero-order valence-corrected chi connectivity index (χ0v) is 16.6. The number of carbonyl (C=O) groups excluding carboxylic acids is 3. The lowest BCUT2D eigenvalue weighted by Gasteiger charge is -2.21. The molecule has 0 saturated carbocycles. The molecule has 152 valence electrons. The number of imide groups is 1. The molecule has 3 rings (SSSR count). The fourth-order valence-corrected chi connectivity index (χ4v) is 3.49. The third kappa shape index (κ3) is 5.00. The Morgan fingerprint density at radius 3 is 2.38 bits per heavy atom. The molecule has 2 aromatic rings. The normalized spacial score (nSPS) is 15.2. The van der Waals surface area contributed by atoms with E-state index in [4.69, 9.17) is 5.73 Å². The van der Waals surface area contributed by atoms with Crippen molar-refractivity contribution in [3.05, 3.63) is 70.8 Å². The Labute approximate surface area is 170 Å². The Bertz CT molecular complexity index is 914. The van der Waals surface area contributed by atoms with Crippen LogP contribution in [0, 0.1) is 0 Å². The Balaban J connectivity index is 1.58. The van der Waals surface area contributed by atoms with Crippen LogP contribution >= 0.6 is 0 Å². The van der Waals surface area contributed by atoms with E-state index in [9.17, 15) is 14.4 Å². The van der Waals surface area contributed by atoms with E-state index in [1.165, 1.54) is 0 Å². The summed E-state index contributed by atoms with van der Waals surface area (Å²) in [6.45, 7) is 5.31. The molecule has 1 heterocycles.